The molecule has 1 aliphatic carbocycles. The maximum absolute atomic E-state index is 10.1. The van der Waals surface area contributed by atoms with Crippen molar-refractivity contribution in [3.05, 3.63) is 0 Å². The Labute approximate surface area is 87.3 Å². The summed E-state index contributed by atoms with van der Waals surface area (Å²) in [5, 5.41) is 20.0. The van der Waals surface area contributed by atoms with E-state index in [1.165, 1.54) is 6.42 Å². The van der Waals surface area contributed by atoms with Crippen molar-refractivity contribution < 1.29 is 10.2 Å². The van der Waals surface area contributed by atoms with E-state index in [-0.39, 0.29) is 18.1 Å². The molecule has 0 amide bonds. The predicted molar refractivity (Wildman–Crippen MR) is 58.0 cm³/mol. The first-order valence-electron chi connectivity index (χ1n) is 6.06. The van der Waals surface area contributed by atoms with Gasteiger partial charge >= 0.3 is 0 Å². The lowest BCUT2D eigenvalue weighted by molar-refractivity contribution is -0.0404. The van der Waals surface area contributed by atoms with Crippen LogP contribution < -0.4 is 0 Å². The van der Waals surface area contributed by atoms with Crippen molar-refractivity contribution >= 4 is 0 Å². The summed E-state index contributed by atoms with van der Waals surface area (Å²) < 4.78 is 0. The van der Waals surface area contributed by atoms with E-state index in [1.807, 2.05) is 0 Å². The first-order chi connectivity index (χ1) is 6.70. The molecule has 3 atom stereocenters. The minimum Gasteiger partial charge on any atom is -0.393 e. The van der Waals surface area contributed by atoms with Crippen LogP contribution in [0.25, 0.3) is 0 Å². The molecule has 3 unspecified atom stereocenters. The van der Waals surface area contributed by atoms with Gasteiger partial charge in [-0.15, -0.1) is 0 Å². The predicted octanol–water partition coefficient (Wildman–Crippen LogP) is 2.33. The minimum atomic E-state index is -0.291. The fourth-order valence-corrected chi connectivity index (χ4v) is 2.66. The largest absolute Gasteiger partial charge is 0.393 e. The Morgan fingerprint density at radius 3 is 2.21 bits per heavy atom. The topological polar surface area (TPSA) is 40.5 Å². The first kappa shape index (κ1) is 12.0. The van der Waals surface area contributed by atoms with Gasteiger partial charge in [0.25, 0.3) is 0 Å². The summed E-state index contributed by atoms with van der Waals surface area (Å²) in [6.07, 6.45) is 5.63. The number of hydrogen-bond donors (Lipinski definition) is 2. The monoisotopic (exact) mass is 200 g/mol. The van der Waals surface area contributed by atoms with E-state index in [4.69, 9.17) is 0 Å². The summed E-state index contributed by atoms with van der Waals surface area (Å²) in [5.41, 5.74) is 0. The molecule has 1 fully saturated rings. The second-order valence-electron chi connectivity index (χ2n) is 4.58. The van der Waals surface area contributed by atoms with Gasteiger partial charge in [0.15, 0.2) is 0 Å². The highest BCUT2D eigenvalue weighted by molar-refractivity contribution is 4.83. The molecule has 0 aromatic rings. The minimum absolute atomic E-state index is 0.133. The van der Waals surface area contributed by atoms with Gasteiger partial charge in [0.2, 0.25) is 0 Å². The third-order valence-electron chi connectivity index (χ3n) is 3.75. The number of aliphatic hydroxyl groups is 2. The van der Waals surface area contributed by atoms with E-state index in [1.54, 1.807) is 0 Å². The molecule has 0 spiro atoms. The molecule has 0 aromatic carbocycles. The van der Waals surface area contributed by atoms with Crippen molar-refractivity contribution in [3.8, 4) is 0 Å². The third kappa shape index (κ3) is 2.71. The summed E-state index contributed by atoms with van der Waals surface area (Å²) in [7, 11) is 0. The maximum Gasteiger partial charge on any atom is 0.0620 e. The molecule has 84 valence electrons. The Morgan fingerprint density at radius 2 is 1.71 bits per heavy atom. The van der Waals surface area contributed by atoms with E-state index in [9.17, 15) is 10.2 Å². The Balaban J connectivity index is 2.52. The lowest BCUT2D eigenvalue weighted by Gasteiger charge is -2.35. The second kappa shape index (κ2) is 5.72. The Bertz CT molecular complexity index is 154. The number of rotatable bonds is 4. The van der Waals surface area contributed by atoms with E-state index >= 15 is 0 Å². The van der Waals surface area contributed by atoms with Crippen LogP contribution in [0.1, 0.15) is 52.4 Å². The van der Waals surface area contributed by atoms with Crippen LogP contribution >= 0.6 is 0 Å². The van der Waals surface area contributed by atoms with Crippen LogP contribution in [0.3, 0.4) is 0 Å². The van der Waals surface area contributed by atoms with Crippen LogP contribution in [-0.2, 0) is 0 Å². The van der Waals surface area contributed by atoms with Gasteiger partial charge in [-0.1, -0.05) is 39.5 Å². The summed E-state index contributed by atoms with van der Waals surface area (Å²) in [4.78, 5) is 0. The molecule has 2 heteroatoms. The zero-order valence-corrected chi connectivity index (χ0v) is 9.45. The van der Waals surface area contributed by atoms with Gasteiger partial charge in [-0.25, -0.2) is 0 Å². The highest BCUT2D eigenvalue weighted by atomic mass is 16.3. The maximum atomic E-state index is 10.1. The lowest BCUT2D eigenvalue weighted by Crippen LogP contribution is -2.38. The second-order valence-corrected chi connectivity index (χ2v) is 4.58. The van der Waals surface area contributed by atoms with Crippen LogP contribution in [0.4, 0.5) is 0 Å². The molecular formula is C12H24O2. The molecule has 2 N–H and O–H groups in total. The van der Waals surface area contributed by atoms with Crippen LogP contribution in [-0.4, -0.2) is 22.4 Å². The molecular weight excluding hydrogens is 176 g/mol. The summed E-state index contributed by atoms with van der Waals surface area (Å²) in [5.74, 6) is 0.501. The van der Waals surface area contributed by atoms with Gasteiger partial charge in [0.05, 0.1) is 12.2 Å². The number of aliphatic hydroxyl groups excluding tert-OH is 2. The van der Waals surface area contributed by atoms with Gasteiger partial charge in [0.1, 0.15) is 0 Å². The quantitative estimate of drug-likeness (QED) is 0.731. The van der Waals surface area contributed by atoms with Crippen molar-refractivity contribution in [2.24, 2.45) is 11.8 Å². The summed E-state index contributed by atoms with van der Waals surface area (Å²) in [6.45, 7) is 4.24. The normalized spacial score (nSPS) is 30.6. The molecule has 1 rings (SSSR count). The lowest BCUT2D eigenvalue weighted by atomic mass is 9.77. The van der Waals surface area contributed by atoms with E-state index in [2.05, 4.69) is 13.8 Å². The molecule has 0 heterocycles. The van der Waals surface area contributed by atoms with Crippen LogP contribution in [0, 0.1) is 11.8 Å². The average molecular weight is 200 g/mol. The van der Waals surface area contributed by atoms with E-state index < -0.39 is 0 Å². The Hall–Kier alpha value is -0.0800. The van der Waals surface area contributed by atoms with Crippen LogP contribution in [0.2, 0.25) is 0 Å². The van der Waals surface area contributed by atoms with Crippen molar-refractivity contribution in [3.63, 3.8) is 0 Å². The fraction of sp³-hybridized carbons (Fsp3) is 1.00. The smallest absolute Gasteiger partial charge is 0.0620 e. The standard InChI is InChI=1S/C12H24O2/c1-3-9(4-2)12(14)10-7-5-6-8-11(10)13/h9-14H,3-8H2,1-2H3. The molecule has 0 aromatic heterocycles. The molecule has 0 aliphatic heterocycles. The molecule has 1 saturated carbocycles. The van der Waals surface area contributed by atoms with Crippen molar-refractivity contribution in [2.45, 2.75) is 64.6 Å². The van der Waals surface area contributed by atoms with E-state index in [0.29, 0.717) is 5.92 Å². The van der Waals surface area contributed by atoms with Crippen molar-refractivity contribution in [1.29, 1.82) is 0 Å². The molecule has 14 heavy (non-hydrogen) atoms. The SMILES string of the molecule is CCC(CC)C(O)C1CCCCC1O. The van der Waals surface area contributed by atoms with Crippen LogP contribution in [0.15, 0.2) is 0 Å². The van der Waals surface area contributed by atoms with Gasteiger partial charge in [0, 0.05) is 5.92 Å². The van der Waals surface area contributed by atoms with Gasteiger partial charge in [-0.3, -0.25) is 0 Å². The molecule has 1 aliphatic rings. The summed E-state index contributed by atoms with van der Waals surface area (Å²) >= 11 is 0. The van der Waals surface area contributed by atoms with Crippen LogP contribution in [0.5, 0.6) is 0 Å². The molecule has 2 nitrogen and oxygen atoms in total. The van der Waals surface area contributed by atoms with Gasteiger partial charge in [-0.05, 0) is 18.8 Å². The Kier molecular flexibility index (Phi) is 4.90. The fourth-order valence-electron chi connectivity index (χ4n) is 2.66. The van der Waals surface area contributed by atoms with Crippen molar-refractivity contribution in [2.75, 3.05) is 0 Å². The summed E-state index contributed by atoms with van der Waals surface area (Å²) in [6, 6.07) is 0. The van der Waals surface area contributed by atoms with Gasteiger partial charge in [-0.2, -0.15) is 0 Å². The number of hydrogen-bond acceptors (Lipinski definition) is 2. The Morgan fingerprint density at radius 1 is 1.14 bits per heavy atom. The zero-order valence-electron chi connectivity index (χ0n) is 9.45. The highest BCUT2D eigenvalue weighted by Crippen LogP contribution is 2.31. The molecule has 0 radical (unpaired) electrons. The first-order valence-corrected chi connectivity index (χ1v) is 6.06. The average Bonchev–Trinajstić information content (AvgIpc) is 2.20. The molecule has 0 bridgehead atoms. The zero-order chi connectivity index (χ0) is 10.6. The van der Waals surface area contributed by atoms with Gasteiger partial charge < -0.3 is 10.2 Å². The van der Waals surface area contributed by atoms with E-state index in [0.717, 1.165) is 32.1 Å². The highest BCUT2D eigenvalue weighted by Gasteiger charge is 2.32. The molecule has 0 saturated heterocycles. The van der Waals surface area contributed by atoms with Crippen molar-refractivity contribution in [1.82, 2.24) is 0 Å². The third-order valence-corrected chi connectivity index (χ3v) is 3.75.